The molecule has 0 radical (unpaired) electrons. The molecular formula is C19H18O3S2. The Labute approximate surface area is 149 Å². The number of carbonyl (C=O) groups excluding carboxylic acids is 2. The summed E-state index contributed by atoms with van der Waals surface area (Å²) < 4.78 is 5.18. The molecule has 2 heterocycles. The number of esters is 1. The highest BCUT2D eigenvalue weighted by atomic mass is 32.1. The van der Waals surface area contributed by atoms with Crippen LogP contribution in [-0.2, 0) is 14.3 Å². The molecule has 0 spiro atoms. The summed E-state index contributed by atoms with van der Waals surface area (Å²) in [4.78, 5) is 27.1. The van der Waals surface area contributed by atoms with Gasteiger partial charge < -0.3 is 4.74 Å². The van der Waals surface area contributed by atoms with Gasteiger partial charge in [-0.15, -0.1) is 22.7 Å². The van der Waals surface area contributed by atoms with Crippen molar-refractivity contribution in [2.75, 3.05) is 6.61 Å². The number of hydrogen-bond donors (Lipinski definition) is 0. The second kappa shape index (κ2) is 7.73. The highest BCUT2D eigenvalue weighted by Crippen LogP contribution is 2.34. The summed E-state index contributed by atoms with van der Waals surface area (Å²) in [5.74, 6) is -0.475. The Morgan fingerprint density at radius 1 is 1.12 bits per heavy atom. The highest BCUT2D eigenvalue weighted by molar-refractivity contribution is 7.11. The van der Waals surface area contributed by atoms with E-state index in [0.29, 0.717) is 30.6 Å². The average Bonchev–Trinajstić information content (AvgIpc) is 3.25. The van der Waals surface area contributed by atoms with E-state index in [0.717, 1.165) is 9.75 Å². The van der Waals surface area contributed by atoms with Gasteiger partial charge in [0.25, 0.3) is 0 Å². The van der Waals surface area contributed by atoms with E-state index in [1.807, 2.05) is 47.2 Å². The molecule has 1 atom stereocenters. The maximum absolute atomic E-state index is 12.8. The van der Waals surface area contributed by atoms with Crippen molar-refractivity contribution in [3.63, 3.8) is 0 Å². The second-order valence-electron chi connectivity index (χ2n) is 5.56. The van der Waals surface area contributed by atoms with Crippen LogP contribution in [0.2, 0.25) is 0 Å². The second-order valence-corrected chi connectivity index (χ2v) is 7.51. The summed E-state index contributed by atoms with van der Waals surface area (Å²) in [6.45, 7) is 2.16. The third-order valence-electron chi connectivity index (χ3n) is 3.86. The molecule has 0 saturated heterocycles. The smallest absolute Gasteiger partial charge is 0.309 e. The van der Waals surface area contributed by atoms with Crippen molar-refractivity contribution in [2.45, 2.75) is 19.8 Å². The van der Waals surface area contributed by atoms with Crippen molar-refractivity contribution >= 4 is 46.6 Å². The van der Waals surface area contributed by atoms with Crippen molar-refractivity contribution < 1.29 is 14.3 Å². The van der Waals surface area contributed by atoms with Crippen LogP contribution in [0, 0.1) is 5.92 Å². The summed E-state index contributed by atoms with van der Waals surface area (Å²) >= 11 is 3.17. The van der Waals surface area contributed by atoms with Gasteiger partial charge in [0, 0.05) is 20.9 Å². The minimum Gasteiger partial charge on any atom is -0.466 e. The van der Waals surface area contributed by atoms with Gasteiger partial charge in [-0.2, -0.15) is 0 Å². The van der Waals surface area contributed by atoms with Gasteiger partial charge in [0.15, 0.2) is 5.78 Å². The normalized spacial score (nSPS) is 21.4. The SMILES string of the molecule is CCOC(=O)C1C/C(=C/c2cccs2)C(=O)/C(=C/c2cccs2)C1. The molecular weight excluding hydrogens is 340 g/mol. The van der Waals surface area contributed by atoms with Crippen LogP contribution in [0.3, 0.4) is 0 Å². The third-order valence-corrected chi connectivity index (χ3v) is 5.49. The molecule has 1 fully saturated rings. The molecule has 1 unspecified atom stereocenters. The van der Waals surface area contributed by atoms with Gasteiger partial charge in [-0.3, -0.25) is 9.59 Å². The maximum Gasteiger partial charge on any atom is 0.309 e. The van der Waals surface area contributed by atoms with Gasteiger partial charge in [0.1, 0.15) is 0 Å². The first-order valence-corrected chi connectivity index (χ1v) is 9.62. The number of ketones is 1. The van der Waals surface area contributed by atoms with Crippen LogP contribution in [0.4, 0.5) is 0 Å². The van der Waals surface area contributed by atoms with Crippen molar-refractivity contribution in [3.8, 4) is 0 Å². The number of thiophene rings is 2. The van der Waals surface area contributed by atoms with Crippen molar-refractivity contribution in [3.05, 3.63) is 55.9 Å². The van der Waals surface area contributed by atoms with Crippen molar-refractivity contribution in [2.24, 2.45) is 5.92 Å². The quantitative estimate of drug-likeness (QED) is 0.581. The van der Waals surface area contributed by atoms with Gasteiger partial charge in [-0.1, -0.05) is 12.1 Å². The summed E-state index contributed by atoms with van der Waals surface area (Å²) in [7, 11) is 0. The van der Waals surface area contributed by atoms with E-state index in [1.54, 1.807) is 29.6 Å². The van der Waals surface area contributed by atoms with E-state index in [4.69, 9.17) is 4.74 Å². The van der Waals surface area contributed by atoms with E-state index < -0.39 is 0 Å². The van der Waals surface area contributed by atoms with E-state index >= 15 is 0 Å². The van der Waals surface area contributed by atoms with Crippen LogP contribution >= 0.6 is 22.7 Å². The standard InChI is InChI=1S/C19H18O3S2/c1-2-22-19(21)15-9-13(11-16-5-3-7-23-16)18(20)14(10-15)12-17-6-4-8-24-17/h3-8,11-12,15H,2,9-10H2,1H3/b13-11-,14-12+. The van der Waals surface area contributed by atoms with Crippen molar-refractivity contribution in [1.29, 1.82) is 0 Å². The average molecular weight is 358 g/mol. The Hall–Kier alpha value is -1.98. The molecule has 124 valence electrons. The van der Waals surface area contributed by atoms with Gasteiger partial charge in [-0.25, -0.2) is 0 Å². The van der Waals surface area contributed by atoms with Gasteiger partial charge >= 0.3 is 5.97 Å². The summed E-state index contributed by atoms with van der Waals surface area (Å²) in [6.07, 6.45) is 4.69. The Balaban J connectivity index is 1.93. The molecule has 3 nitrogen and oxygen atoms in total. The molecule has 0 N–H and O–H groups in total. The number of rotatable bonds is 4. The molecule has 5 heteroatoms. The molecule has 2 aromatic rings. The Kier molecular flexibility index (Phi) is 5.43. The number of Topliss-reactive ketones (excluding diaryl/α,β-unsaturated/α-hetero) is 1. The monoisotopic (exact) mass is 358 g/mol. The molecule has 0 aliphatic heterocycles. The molecule has 0 aromatic carbocycles. The molecule has 0 bridgehead atoms. The zero-order valence-electron chi connectivity index (χ0n) is 13.4. The lowest BCUT2D eigenvalue weighted by molar-refractivity contribution is -0.148. The molecule has 1 aliphatic carbocycles. The maximum atomic E-state index is 12.8. The van der Waals surface area contributed by atoms with Gasteiger partial charge in [-0.05, 0) is 54.8 Å². The summed E-state index contributed by atoms with van der Waals surface area (Å²) in [6, 6.07) is 7.86. The first-order chi connectivity index (χ1) is 11.7. The zero-order valence-corrected chi connectivity index (χ0v) is 15.0. The van der Waals surface area contributed by atoms with Crippen LogP contribution in [0.25, 0.3) is 12.2 Å². The van der Waals surface area contributed by atoms with Crippen LogP contribution in [0.15, 0.2) is 46.2 Å². The van der Waals surface area contributed by atoms with Crippen LogP contribution in [0.1, 0.15) is 29.5 Å². The van der Waals surface area contributed by atoms with E-state index in [9.17, 15) is 9.59 Å². The van der Waals surface area contributed by atoms with Gasteiger partial charge in [0.05, 0.1) is 12.5 Å². The third kappa shape index (κ3) is 3.91. The zero-order chi connectivity index (χ0) is 16.9. The molecule has 3 rings (SSSR count). The summed E-state index contributed by atoms with van der Waals surface area (Å²) in [5.41, 5.74) is 1.37. The molecule has 24 heavy (non-hydrogen) atoms. The van der Waals surface area contributed by atoms with Crippen molar-refractivity contribution in [1.82, 2.24) is 0 Å². The first-order valence-electron chi connectivity index (χ1n) is 7.87. The minimum absolute atomic E-state index is 0.0392. The van der Waals surface area contributed by atoms with Crippen LogP contribution < -0.4 is 0 Å². The van der Waals surface area contributed by atoms with Crippen LogP contribution in [0.5, 0.6) is 0 Å². The minimum atomic E-state index is -0.292. The lowest BCUT2D eigenvalue weighted by atomic mass is 9.80. The lowest BCUT2D eigenvalue weighted by Gasteiger charge is -2.24. The van der Waals surface area contributed by atoms with E-state index in [2.05, 4.69) is 0 Å². The predicted octanol–water partition coefficient (Wildman–Crippen LogP) is 4.82. The number of allylic oxidation sites excluding steroid dienone is 2. The number of hydrogen-bond acceptors (Lipinski definition) is 5. The number of carbonyl (C=O) groups is 2. The molecule has 2 aromatic heterocycles. The molecule has 0 amide bonds. The first kappa shape index (κ1) is 16.9. The topological polar surface area (TPSA) is 43.4 Å². The molecule has 1 aliphatic rings. The lowest BCUT2D eigenvalue weighted by Crippen LogP contribution is -2.27. The number of ether oxygens (including phenoxy) is 1. The van der Waals surface area contributed by atoms with Crippen LogP contribution in [-0.4, -0.2) is 18.4 Å². The Bertz CT molecular complexity index is 711. The predicted molar refractivity (Wildman–Crippen MR) is 99.0 cm³/mol. The fraction of sp³-hybridized carbons (Fsp3) is 0.263. The fourth-order valence-electron chi connectivity index (χ4n) is 2.76. The fourth-order valence-corrected chi connectivity index (χ4v) is 4.12. The van der Waals surface area contributed by atoms with E-state index in [-0.39, 0.29) is 17.7 Å². The Morgan fingerprint density at radius 2 is 1.67 bits per heavy atom. The summed E-state index contributed by atoms with van der Waals surface area (Å²) in [5, 5.41) is 3.95. The van der Waals surface area contributed by atoms with E-state index in [1.165, 1.54) is 0 Å². The van der Waals surface area contributed by atoms with Gasteiger partial charge in [0.2, 0.25) is 0 Å². The highest BCUT2D eigenvalue weighted by Gasteiger charge is 2.33. The largest absolute Gasteiger partial charge is 0.466 e. The Morgan fingerprint density at radius 3 is 2.08 bits per heavy atom. The molecule has 1 saturated carbocycles.